The van der Waals surface area contributed by atoms with Gasteiger partial charge in [-0.15, -0.1) is 11.3 Å². The van der Waals surface area contributed by atoms with Crippen molar-refractivity contribution < 1.29 is 0 Å². The summed E-state index contributed by atoms with van der Waals surface area (Å²) in [5.74, 6) is 0.952. The van der Waals surface area contributed by atoms with Crippen LogP contribution in [0.3, 0.4) is 0 Å². The van der Waals surface area contributed by atoms with Gasteiger partial charge in [-0.2, -0.15) is 0 Å². The molecular weight excluding hydrogens is 254 g/mol. The molecule has 19 heavy (non-hydrogen) atoms. The number of hydrogen-bond acceptors (Lipinski definition) is 4. The maximum Gasteiger partial charge on any atom is 0.0897 e. The second kappa shape index (κ2) is 6.33. The van der Waals surface area contributed by atoms with Gasteiger partial charge in [-0.05, 0) is 51.5 Å². The van der Waals surface area contributed by atoms with Crippen LogP contribution in [0.5, 0.6) is 0 Å². The van der Waals surface area contributed by atoms with Gasteiger partial charge in [0.25, 0.3) is 0 Å². The van der Waals surface area contributed by atoms with Gasteiger partial charge in [0.1, 0.15) is 0 Å². The molecule has 3 rings (SSSR count). The first-order chi connectivity index (χ1) is 9.29. The summed E-state index contributed by atoms with van der Waals surface area (Å²) in [4.78, 5) is 4.50. The van der Waals surface area contributed by atoms with Gasteiger partial charge in [-0.25, -0.2) is 4.98 Å². The summed E-state index contributed by atoms with van der Waals surface area (Å²) in [5, 5.41) is 10.7. The van der Waals surface area contributed by atoms with E-state index in [-0.39, 0.29) is 0 Å². The highest BCUT2D eigenvalue weighted by Crippen LogP contribution is 2.32. The highest BCUT2D eigenvalue weighted by molar-refractivity contribution is 7.09. The van der Waals surface area contributed by atoms with Crippen molar-refractivity contribution in [2.45, 2.75) is 57.5 Å². The molecule has 2 unspecified atom stereocenters. The summed E-state index contributed by atoms with van der Waals surface area (Å²) in [7, 11) is 0. The Morgan fingerprint density at radius 3 is 2.79 bits per heavy atom. The lowest BCUT2D eigenvalue weighted by molar-refractivity contribution is 0.283. The average molecular weight is 279 g/mol. The summed E-state index contributed by atoms with van der Waals surface area (Å²) in [5.41, 5.74) is 1.25. The number of aryl methyl sites for hydroxylation is 1. The standard InChI is InChI=1S/C15H25N3S/c1-11-17-15(10-19-11)5-7-16-6-4-12-8-13-2-3-14(9-12)18-13/h10,12-14,16,18H,2-9H2,1H3. The molecular formula is C15H25N3S. The van der Waals surface area contributed by atoms with Gasteiger partial charge in [-0.3, -0.25) is 0 Å². The average Bonchev–Trinajstić information content (AvgIpc) is 2.95. The molecule has 2 bridgehead atoms. The predicted octanol–water partition coefficient (Wildman–Crippen LogP) is 2.50. The molecule has 2 N–H and O–H groups in total. The van der Waals surface area contributed by atoms with Gasteiger partial charge >= 0.3 is 0 Å². The van der Waals surface area contributed by atoms with Crippen LogP contribution in [0, 0.1) is 12.8 Å². The van der Waals surface area contributed by atoms with E-state index in [1.54, 1.807) is 11.3 Å². The zero-order valence-electron chi connectivity index (χ0n) is 11.8. The zero-order valence-corrected chi connectivity index (χ0v) is 12.6. The van der Waals surface area contributed by atoms with Gasteiger partial charge in [0.15, 0.2) is 0 Å². The molecule has 2 atom stereocenters. The highest BCUT2D eigenvalue weighted by Gasteiger charge is 2.32. The summed E-state index contributed by atoms with van der Waals surface area (Å²) in [6, 6.07) is 1.67. The molecule has 0 radical (unpaired) electrons. The van der Waals surface area contributed by atoms with Gasteiger partial charge in [0, 0.05) is 30.4 Å². The van der Waals surface area contributed by atoms with Crippen molar-refractivity contribution in [1.29, 1.82) is 0 Å². The van der Waals surface area contributed by atoms with E-state index in [0.717, 1.165) is 31.0 Å². The van der Waals surface area contributed by atoms with Crippen molar-refractivity contribution >= 4 is 11.3 Å². The Morgan fingerprint density at radius 1 is 1.32 bits per heavy atom. The number of nitrogens with one attached hydrogen (secondary N) is 2. The lowest BCUT2D eigenvalue weighted by Crippen LogP contribution is -2.38. The van der Waals surface area contributed by atoms with E-state index in [0.29, 0.717) is 0 Å². The monoisotopic (exact) mass is 279 g/mol. The van der Waals surface area contributed by atoms with E-state index in [9.17, 15) is 0 Å². The van der Waals surface area contributed by atoms with Crippen LogP contribution in [0.15, 0.2) is 5.38 Å². The fraction of sp³-hybridized carbons (Fsp3) is 0.800. The Kier molecular flexibility index (Phi) is 4.51. The van der Waals surface area contributed by atoms with Gasteiger partial charge in [0.05, 0.1) is 10.7 Å². The number of rotatable bonds is 6. The lowest BCUT2D eigenvalue weighted by Gasteiger charge is -2.29. The molecule has 2 aliphatic rings. The van der Waals surface area contributed by atoms with E-state index in [1.807, 2.05) is 0 Å². The van der Waals surface area contributed by atoms with Gasteiger partial charge in [-0.1, -0.05) is 0 Å². The first kappa shape index (κ1) is 13.5. The Labute approximate surface area is 120 Å². The van der Waals surface area contributed by atoms with Crippen molar-refractivity contribution in [3.8, 4) is 0 Å². The summed E-state index contributed by atoms with van der Waals surface area (Å²) in [6.07, 6.45) is 8.06. The molecule has 0 spiro atoms. The van der Waals surface area contributed by atoms with E-state index in [1.165, 1.54) is 49.4 Å². The second-order valence-electron chi connectivity index (χ2n) is 6.12. The van der Waals surface area contributed by atoms with E-state index < -0.39 is 0 Å². The number of thiazole rings is 1. The molecule has 106 valence electrons. The largest absolute Gasteiger partial charge is 0.316 e. The number of nitrogens with zero attached hydrogens (tertiary/aromatic N) is 1. The van der Waals surface area contributed by atoms with Crippen molar-refractivity contribution in [2.75, 3.05) is 13.1 Å². The molecule has 0 aromatic carbocycles. The Balaban J connectivity index is 1.29. The number of fused-ring (bicyclic) bond motifs is 2. The minimum Gasteiger partial charge on any atom is -0.316 e. The summed E-state index contributed by atoms with van der Waals surface area (Å²) in [6.45, 7) is 4.32. The van der Waals surface area contributed by atoms with Crippen LogP contribution in [-0.4, -0.2) is 30.2 Å². The van der Waals surface area contributed by atoms with Crippen molar-refractivity contribution in [3.63, 3.8) is 0 Å². The van der Waals surface area contributed by atoms with Gasteiger partial charge in [0.2, 0.25) is 0 Å². The predicted molar refractivity (Wildman–Crippen MR) is 80.7 cm³/mol. The summed E-state index contributed by atoms with van der Waals surface area (Å²) >= 11 is 1.75. The molecule has 1 aromatic rings. The van der Waals surface area contributed by atoms with Gasteiger partial charge < -0.3 is 10.6 Å². The maximum atomic E-state index is 4.50. The smallest absolute Gasteiger partial charge is 0.0897 e. The van der Waals surface area contributed by atoms with Crippen LogP contribution in [0.4, 0.5) is 0 Å². The van der Waals surface area contributed by atoms with Crippen LogP contribution >= 0.6 is 11.3 Å². The fourth-order valence-corrected chi connectivity index (χ4v) is 4.23. The lowest BCUT2D eigenvalue weighted by atomic mass is 9.90. The molecule has 2 saturated heterocycles. The van der Waals surface area contributed by atoms with Crippen molar-refractivity contribution in [3.05, 3.63) is 16.1 Å². The van der Waals surface area contributed by atoms with Crippen LogP contribution in [0.25, 0.3) is 0 Å². The third kappa shape index (κ3) is 3.77. The number of piperidine rings is 1. The number of aromatic nitrogens is 1. The SMILES string of the molecule is Cc1nc(CCNCCC2CC3CCC(C2)N3)cs1. The molecule has 2 fully saturated rings. The minimum absolute atomic E-state index is 0.835. The number of hydrogen-bond donors (Lipinski definition) is 2. The van der Waals surface area contributed by atoms with E-state index >= 15 is 0 Å². The molecule has 3 nitrogen and oxygen atoms in total. The zero-order chi connectivity index (χ0) is 13.1. The third-order valence-electron chi connectivity index (χ3n) is 4.52. The highest BCUT2D eigenvalue weighted by atomic mass is 32.1. The van der Waals surface area contributed by atoms with Crippen LogP contribution in [0.2, 0.25) is 0 Å². The normalized spacial score (nSPS) is 29.8. The topological polar surface area (TPSA) is 37.0 Å². The Bertz CT molecular complexity index is 392. The quantitative estimate of drug-likeness (QED) is 0.786. The molecule has 0 aliphatic carbocycles. The fourth-order valence-electron chi connectivity index (χ4n) is 3.58. The molecule has 0 amide bonds. The molecule has 3 heterocycles. The Morgan fingerprint density at radius 2 is 2.11 bits per heavy atom. The van der Waals surface area contributed by atoms with E-state index in [2.05, 4.69) is 27.9 Å². The van der Waals surface area contributed by atoms with Crippen LogP contribution < -0.4 is 10.6 Å². The molecule has 2 aliphatic heterocycles. The maximum absolute atomic E-state index is 4.50. The van der Waals surface area contributed by atoms with Crippen molar-refractivity contribution in [2.24, 2.45) is 5.92 Å². The molecule has 1 aromatic heterocycles. The summed E-state index contributed by atoms with van der Waals surface area (Å²) < 4.78 is 0. The van der Waals surface area contributed by atoms with Crippen LogP contribution in [-0.2, 0) is 6.42 Å². The van der Waals surface area contributed by atoms with Crippen molar-refractivity contribution in [1.82, 2.24) is 15.6 Å². The molecule has 4 heteroatoms. The molecule has 0 saturated carbocycles. The Hall–Kier alpha value is -0.450. The van der Waals surface area contributed by atoms with E-state index in [4.69, 9.17) is 0 Å². The minimum atomic E-state index is 0.835. The van der Waals surface area contributed by atoms with Crippen LogP contribution in [0.1, 0.15) is 42.8 Å². The first-order valence-electron chi connectivity index (χ1n) is 7.67. The second-order valence-corrected chi connectivity index (χ2v) is 7.18. The third-order valence-corrected chi connectivity index (χ3v) is 5.35. The first-order valence-corrected chi connectivity index (χ1v) is 8.55.